The van der Waals surface area contributed by atoms with Crippen molar-refractivity contribution in [3.8, 4) is 0 Å². The van der Waals surface area contributed by atoms with Crippen molar-refractivity contribution in [3.05, 3.63) is 70.2 Å². The average Bonchev–Trinajstić information content (AvgIpc) is 2.45. The van der Waals surface area contributed by atoms with Crippen molar-refractivity contribution in [1.82, 2.24) is 5.32 Å². The Labute approximate surface area is 128 Å². The van der Waals surface area contributed by atoms with E-state index in [4.69, 9.17) is 23.2 Å². The van der Waals surface area contributed by atoms with E-state index in [1.165, 1.54) is 0 Å². The molecule has 0 fully saturated rings. The molecule has 0 saturated carbocycles. The zero-order chi connectivity index (χ0) is 14.4. The summed E-state index contributed by atoms with van der Waals surface area (Å²) in [5, 5.41) is 3.54. The van der Waals surface area contributed by atoms with Crippen LogP contribution in [0.3, 0.4) is 0 Å². The lowest BCUT2D eigenvalue weighted by molar-refractivity contribution is -0.120. The zero-order valence-corrected chi connectivity index (χ0v) is 12.4. The van der Waals surface area contributed by atoms with Crippen LogP contribution in [0.15, 0.2) is 48.5 Å². The molecule has 2 nitrogen and oxygen atoms in total. The minimum Gasteiger partial charge on any atom is -0.352 e. The van der Waals surface area contributed by atoms with Gasteiger partial charge in [-0.25, -0.2) is 0 Å². The Hall–Kier alpha value is -1.51. The Morgan fingerprint density at radius 1 is 1.00 bits per heavy atom. The van der Waals surface area contributed by atoms with Crippen molar-refractivity contribution < 1.29 is 4.79 Å². The van der Waals surface area contributed by atoms with E-state index in [0.717, 1.165) is 16.7 Å². The quantitative estimate of drug-likeness (QED) is 0.833. The second-order valence-electron chi connectivity index (χ2n) is 4.54. The van der Waals surface area contributed by atoms with Crippen LogP contribution in [0.4, 0.5) is 0 Å². The first-order valence-electron chi connectivity index (χ1n) is 6.32. The molecule has 0 saturated heterocycles. The molecule has 0 aliphatic heterocycles. The second kappa shape index (κ2) is 7.32. The van der Waals surface area contributed by atoms with Crippen molar-refractivity contribution in [1.29, 1.82) is 0 Å². The number of alkyl halides is 1. The smallest absolute Gasteiger partial charge is 0.224 e. The number of nitrogens with one attached hydrogen (secondary N) is 1. The van der Waals surface area contributed by atoms with Crippen molar-refractivity contribution in [2.75, 3.05) is 0 Å². The molecule has 0 spiro atoms. The fraction of sp³-hybridized carbons (Fsp3) is 0.188. The maximum Gasteiger partial charge on any atom is 0.224 e. The highest BCUT2D eigenvalue weighted by atomic mass is 35.5. The molecule has 0 aliphatic carbocycles. The molecule has 0 radical (unpaired) electrons. The lowest BCUT2D eigenvalue weighted by Crippen LogP contribution is -2.24. The number of hydrogen-bond acceptors (Lipinski definition) is 1. The van der Waals surface area contributed by atoms with Gasteiger partial charge in [0.15, 0.2) is 0 Å². The summed E-state index contributed by atoms with van der Waals surface area (Å²) >= 11 is 11.7. The molecule has 1 amide bonds. The molecule has 1 N–H and O–H groups in total. The average molecular weight is 308 g/mol. The molecule has 0 heterocycles. The molecule has 0 bridgehead atoms. The van der Waals surface area contributed by atoms with E-state index in [9.17, 15) is 4.79 Å². The van der Waals surface area contributed by atoms with E-state index < -0.39 is 0 Å². The van der Waals surface area contributed by atoms with Crippen LogP contribution in [0.2, 0.25) is 5.02 Å². The van der Waals surface area contributed by atoms with Gasteiger partial charge in [-0.15, -0.1) is 11.6 Å². The van der Waals surface area contributed by atoms with Gasteiger partial charge in [-0.05, 0) is 28.8 Å². The van der Waals surface area contributed by atoms with Crippen LogP contribution in [0.5, 0.6) is 0 Å². The number of rotatable bonds is 5. The SMILES string of the molecule is O=C(Cc1cccc(Cl)c1)NCc1cccc(CCl)c1. The van der Waals surface area contributed by atoms with Gasteiger partial charge in [-0.1, -0.05) is 48.0 Å². The Kier molecular flexibility index (Phi) is 5.45. The number of amides is 1. The van der Waals surface area contributed by atoms with Crippen LogP contribution in [-0.2, 0) is 23.6 Å². The van der Waals surface area contributed by atoms with Gasteiger partial charge >= 0.3 is 0 Å². The predicted octanol–water partition coefficient (Wildman–Crippen LogP) is 3.94. The molecule has 0 aliphatic rings. The highest BCUT2D eigenvalue weighted by Gasteiger charge is 2.04. The number of benzene rings is 2. The minimum atomic E-state index is -0.0245. The topological polar surface area (TPSA) is 29.1 Å². The second-order valence-corrected chi connectivity index (χ2v) is 5.24. The molecule has 0 atom stereocenters. The Bertz CT molecular complexity index is 599. The maximum absolute atomic E-state index is 11.9. The van der Waals surface area contributed by atoms with Gasteiger partial charge in [-0.2, -0.15) is 0 Å². The summed E-state index contributed by atoms with van der Waals surface area (Å²) in [6, 6.07) is 15.2. The molecular weight excluding hydrogens is 293 g/mol. The van der Waals surface area contributed by atoms with E-state index in [1.54, 1.807) is 12.1 Å². The highest BCUT2D eigenvalue weighted by Crippen LogP contribution is 2.11. The van der Waals surface area contributed by atoms with Gasteiger partial charge < -0.3 is 5.32 Å². The molecule has 2 rings (SSSR count). The third-order valence-electron chi connectivity index (χ3n) is 2.89. The van der Waals surface area contributed by atoms with Crippen molar-refractivity contribution in [2.45, 2.75) is 18.8 Å². The maximum atomic E-state index is 11.9. The lowest BCUT2D eigenvalue weighted by Gasteiger charge is -2.07. The first kappa shape index (κ1) is 14.9. The van der Waals surface area contributed by atoms with Crippen LogP contribution in [-0.4, -0.2) is 5.91 Å². The predicted molar refractivity (Wildman–Crippen MR) is 83.0 cm³/mol. The summed E-state index contributed by atoms with van der Waals surface area (Å²) in [6.45, 7) is 0.504. The molecule has 2 aromatic rings. The van der Waals surface area contributed by atoms with Crippen LogP contribution in [0.25, 0.3) is 0 Å². The van der Waals surface area contributed by atoms with E-state index in [2.05, 4.69) is 5.32 Å². The third kappa shape index (κ3) is 4.55. The largest absolute Gasteiger partial charge is 0.352 e. The molecule has 104 valence electrons. The first-order chi connectivity index (χ1) is 9.67. The van der Waals surface area contributed by atoms with Gasteiger partial charge in [0.1, 0.15) is 0 Å². The fourth-order valence-corrected chi connectivity index (χ4v) is 2.30. The van der Waals surface area contributed by atoms with Crippen LogP contribution in [0, 0.1) is 0 Å². The fourth-order valence-electron chi connectivity index (χ4n) is 1.92. The molecule has 0 unspecified atom stereocenters. The molecular formula is C16H15Cl2NO. The molecule has 4 heteroatoms. The van der Waals surface area contributed by atoms with Gasteiger partial charge in [0.05, 0.1) is 6.42 Å². The van der Waals surface area contributed by atoms with E-state index >= 15 is 0 Å². The summed E-state index contributed by atoms with van der Waals surface area (Å²) < 4.78 is 0. The number of carbonyl (C=O) groups is 1. The number of carbonyl (C=O) groups excluding carboxylic acids is 1. The summed E-state index contributed by atoms with van der Waals surface area (Å²) in [4.78, 5) is 11.9. The van der Waals surface area contributed by atoms with Gasteiger partial charge in [0.25, 0.3) is 0 Å². The minimum absolute atomic E-state index is 0.0245. The lowest BCUT2D eigenvalue weighted by atomic mass is 10.1. The Balaban J connectivity index is 1.88. The normalized spacial score (nSPS) is 10.3. The van der Waals surface area contributed by atoms with Gasteiger partial charge in [0.2, 0.25) is 5.91 Å². The summed E-state index contributed by atoms with van der Waals surface area (Å²) in [7, 11) is 0. The summed E-state index contributed by atoms with van der Waals surface area (Å²) in [5.41, 5.74) is 3.00. The van der Waals surface area contributed by atoms with Crippen LogP contribution < -0.4 is 5.32 Å². The summed E-state index contributed by atoms with van der Waals surface area (Å²) in [6.07, 6.45) is 0.329. The van der Waals surface area contributed by atoms with Crippen molar-refractivity contribution in [2.24, 2.45) is 0 Å². The van der Waals surface area contributed by atoms with E-state index in [1.807, 2.05) is 36.4 Å². The number of hydrogen-bond donors (Lipinski definition) is 1. The van der Waals surface area contributed by atoms with Crippen molar-refractivity contribution in [3.63, 3.8) is 0 Å². The zero-order valence-electron chi connectivity index (χ0n) is 10.9. The standard InChI is InChI=1S/C16H15Cl2NO/c17-10-13-4-1-5-14(7-13)11-19-16(20)9-12-3-2-6-15(18)8-12/h1-8H,9-11H2,(H,19,20). The van der Waals surface area contributed by atoms with Crippen LogP contribution >= 0.6 is 23.2 Å². The van der Waals surface area contributed by atoms with Crippen LogP contribution in [0.1, 0.15) is 16.7 Å². The first-order valence-corrected chi connectivity index (χ1v) is 7.23. The monoisotopic (exact) mass is 307 g/mol. The van der Waals surface area contributed by atoms with Crippen molar-refractivity contribution >= 4 is 29.1 Å². The highest BCUT2D eigenvalue weighted by molar-refractivity contribution is 6.30. The summed E-state index contributed by atoms with van der Waals surface area (Å²) in [5.74, 6) is 0.452. The Morgan fingerprint density at radius 2 is 1.70 bits per heavy atom. The van der Waals surface area contributed by atoms with E-state index in [0.29, 0.717) is 23.9 Å². The van der Waals surface area contributed by atoms with Gasteiger partial charge in [-0.3, -0.25) is 4.79 Å². The number of halogens is 2. The molecule has 0 aromatic heterocycles. The molecule has 20 heavy (non-hydrogen) atoms. The molecule has 2 aromatic carbocycles. The van der Waals surface area contributed by atoms with Gasteiger partial charge in [0, 0.05) is 17.4 Å². The third-order valence-corrected chi connectivity index (χ3v) is 3.43. The Morgan fingerprint density at radius 3 is 2.45 bits per heavy atom. The van der Waals surface area contributed by atoms with E-state index in [-0.39, 0.29) is 5.91 Å².